The van der Waals surface area contributed by atoms with Crippen molar-refractivity contribution in [2.45, 2.75) is 12.5 Å². The summed E-state index contributed by atoms with van der Waals surface area (Å²) in [5.41, 5.74) is 0.0603. The van der Waals surface area contributed by atoms with Gasteiger partial charge in [0.25, 0.3) is 0 Å². The summed E-state index contributed by atoms with van der Waals surface area (Å²) in [7, 11) is 1.40. The smallest absolute Gasteiger partial charge is 0.347 e. The number of esters is 1. The number of methoxy groups -OCH3 is 1. The standard InChI is InChI=1S/C12H11BrO6/c1-17-9-5-6(11(14)15)4-7(13)10(9)19-8-2-3-18-12(8)16/h4-5,8H,2-3H2,1H3,(H,14,15). The summed E-state index contributed by atoms with van der Waals surface area (Å²) < 4.78 is 15.8. The molecule has 0 bridgehead atoms. The molecular formula is C12H11BrO6. The summed E-state index contributed by atoms with van der Waals surface area (Å²) in [6.07, 6.45) is -0.240. The Morgan fingerprint density at radius 3 is 2.79 bits per heavy atom. The van der Waals surface area contributed by atoms with Crippen molar-refractivity contribution in [3.63, 3.8) is 0 Å². The minimum Gasteiger partial charge on any atom is -0.493 e. The van der Waals surface area contributed by atoms with Crippen LogP contribution < -0.4 is 9.47 Å². The molecule has 1 fully saturated rings. The number of hydrogen-bond acceptors (Lipinski definition) is 5. The third-order valence-electron chi connectivity index (χ3n) is 2.62. The lowest BCUT2D eigenvalue weighted by Gasteiger charge is -2.15. The van der Waals surface area contributed by atoms with Gasteiger partial charge in [-0.1, -0.05) is 0 Å². The Balaban J connectivity index is 2.33. The lowest BCUT2D eigenvalue weighted by Crippen LogP contribution is -2.22. The molecule has 0 saturated carbocycles. The molecule has 1 saturated heterocycles. The summed E-state index contributed by atoms with van der Waals surface area (Å²) >= 11 is 3.21. The molecule has 1 heterocycles. The monoisotopic (exact) mass is 330 g/mol. The second-order valence-electron chi connectivity index (χ2n) is 3.86. The van der Waals surface area contributed by atoms with Gasteiger partial charge in [-0.05, 0) is 28.1 Å². The largest absolute Gasteiger partial charge is 0.493 e. The molecule has 1 atom stereocenters. The zero-order valence-corrected chi connectivity index (χ0v) is 11.6. The van der Waals surface area contributed by atoms with E-state index in [1.807, 2.05) is 0 Å². The third kappa shape index (κ3) is 2.81. The highest BCUT2D eigenvalue weighted by Gasteiger charge is 2.30. The van der Waals surface area contributed by atoms with Crippen molar-refractivity contribution >= 4 is 27.9 Å². The molecule has 19 heavy (non-hydrogen) atoms. The molecule has 0 spiro atoms. The number of carbonyl (C=O) groups is 2. The predicted molar refractivity (Wildman–Crippen MR) is 67.6 cm³/mol. The van der Waals surface area contributed by atoms with Gasteiger partial charge in [-0.15, -0.1) is 0 Å². The second-order valence-corrected chi connectivity index (χ2v) is 4.71. The first kappa shape index (κ1) is 13.7. The van der Waals surface area contributed by atoms with Gasteiger partial charge in [-0.2, -0.15) is 0 Å². The van der Waals surface area contributed by atoms with E-state index in [2.05, 4.69) is 15.9 Å². The van der Waals surface area contributed by atoms with Gasteiger partial charge in [-0.25, -0.2) is 9.59 Å². The van der Waals surface area contributed by atoms with Gasteiger partial charge < -0.3 is 19.3 Å². The van der Waals surface area contributed by atoms with Crippen LogP contribution in [0.2, 0.25) is 0 Å². The predicted octanol–water partition coefficient (Wildman–Crippen LogP) is 1.85. The van der Waals surface area contributed by atoms with Crippen LogP contribution in [0.5, 0.6) is 11.5 Å². The van der Waals surface area contributed by atoms with Gasteiger partial charge in [0.05, 0.1) is 23.8 Å². The van der Waals surface area contributed by atoms with Gasteiger partial charge in [-0.3, -0.25) is 0 Å². The van der Waals surface area contributed by atoms with Crippen LogP contribution in [0, 0.1) is 0 Å². The van der Waals surface area contributed by atoms with E-state index < -0.39 is 18.0 Å². The van der Waals surface area contributed by atoms with E-state index >= 15 is 0 Å². The van der Waals surface area contributed by atoms with E-state index in [0.29, 0.717) is 17.5 Å². The fourth-order valence-electron chi connectivity index (χ4n) is 1.68. The molecule has 1 aliphatic rings. The van der Waals surface area contributed by atoms with Crippen molar-refractivity contribution in [2.75, 3.05) is 13.7 Å². The molecule has 0 radical (unpaired) electrons. The van der Waals surface area contributed by atoms with Crippen molar-refractivity contribution in [3.05, 3.63) is 22.2 Å². The molecule has 6 nitrogen and oxygen atoms in total. The molecule has 1 aromatic rings. The lowest BCUT2D eigenvalue weighted by atomic mass is 10.2. The summed E-state index contributed by atoms with van der Waals surface area (Å²) in [4.78, 5) is 22.3. The lowest BCUT2D eigenvalue weighted by molar-refractivity contribution is -0.143. The fraction of sp³-hybridized carbons (Fsp3) is 0.333. The fourth-order valence-corrected chi connectivity index (χ4v) is 2.22. The van der Waals surface area contributed by atoms with Crippen molar-refractivity contribution in [2.24, 2.45) is 0 Å². The van der Waals surface area contributed by atoms with Gasteiger partial charge in [0.15, 0.2) is 17.6 Å². The molecule has 1 unspecified atom stereocenters. The number of hydrogen-bond donors (Lipinski definition) is 1. The van der Waals surface area contributed by atoms with Crippen molar-refractivity contribution in [1.82, 2.24) is 0 Å². The van der Waals surface area contributed by atoms with Crippen molar-refractivity contribution < 1.29 is 28.9 Å². The Bertz CT molecular complexity index is 527. The van der Waals surface area contributed by atoms with E-state index in [-0.39, 0.29) is 17.1 Å². The van der Waals surface area contributed by atoms with Crippen molar-refractivity contribution in [3.8, 4) is 11.5 Å². The average Bonchev–Trinajstić information content (AvgIpc) is 2.77. The van der Waals surface area contributed by atoms with Gasteiger partial charge in [0, 0.05) is 6.42 Å². The molecule has 0 aromatic heterocycles. The SMILES string of the molecule is COc1cc(C(=O)O)cc(Br)c1OC1CCOC1=O. The number of cyclic esters (lactones) is 1. The molecule has 2 rings (SSSR count). The normalized spacial score (nSPS) is 18.0. The zero-order valence-electron chi connectivity index (χ0n) is 10.0. The molecule has 0 aliphatic carbocycles. The minimum absolute atomic E-state index is 0.0603. The quantitative estimate of drug-likeness (QED) is 0.848. The maximum atomic E-state index is 11.4. The van der Waals surface area contributed by atoms with Gasteiger partial charge in [0.1, 0.15) is 0 Å². The van der Waals surface area contributed by atoms with E-state index in [0.717, 1.165) is 0 Å². The van der Waals surface area contributed by atoms with Crippen LogP contribution in [0.25, 0.3) is 0 Å². The number of aromatic carboxylic acids is 1. The number of carboxylic acids is 1. The molecule has 102 valence electrons. The number of rotatable bonds is 4. The van der Waals surface area contributed by atoms with Crippen LogP contribution in [0.4, 0.5) is 0 Å². The number of ether oxygens (including phenoxy) is 3. The van der Waals surface area contributed by atoms with E-state index in [4.69, 9.17) is 19.3 Å². The molecule has 1 aliphatic heterocycles. The van der Waals surface area contributed by atoms with Crippen LogP contribution in [-0.4, -0.2) is 36.9 Å². The van der Waals surface area contributed by atoms with Crippen LogP contribution >= 0.6 is 15.9 Å². The highest BCUT2D eigenvalue weighted by Crippen LogP contribution is 2.38. The maximum absolute atomic E-state index is 11.4. The Labute approximate surface area is 117 Å². The zero-order chi connectivity index (χ0) is 14.0. The minimum atomic E-state index is -1.08. The third-order valence-corrected chi connectivity index (χ3v) is 3.21. The Kier molecular flexibility index (Phi) is 3.94. The Morgan fingerprint density at radius 1 is 1.53 bits per heavy atom. The molecule has 1 N–H and O–H groups in total. The molecule has 1 aromatic carbocycles. The first-order valence-electron chi connectivity index (χ1n) is 5.47. The Hall–Kier alpha value is -1.76. The number of halogens is 1. The topological polar surface area (TPSA) is 82.1 Å². The average molecular weight is 331 g/mol. The van der Waals surface area contributed by atoms with Crippen LogP contribution in [-0.2, 0) is 9.53 Å². The summed E-state index contributed by atoms with van der Waals surface area (Å²) in [6.45, 7) is 0.316. The first-order chi connectivity index (χ1) is 9.02. The maximum Gasteiger partial charge on any atom is 0.347 e. The highest BCUT2D eigenvalue weighted by atomic mass is 79.9. The van der Waals surface area contributed by atoms with E-state index in [9.17, 15) is 9.59 Å². The second kappa shape index (κ2) is 5.48. The summed E-state index contributed by atoms with van der Waals surface area (Å²) in [6, 6.07) is 2.73. The molecule has 0 amide bonds. The molecular weight excluding hydrogens is 320 g/mol. The Morgan fingerprint density at radius 2 is 2.26 bits per heavy atom. The van der Waals surface area contributed by atoms with Crippen LogP contribution in [0.3, 0.4) is 0 Å². The van der Waals surface area contributed by atoms with Gasteiger partial charge >= 0.3 is 11.9 Å². The molecule has 7 heteroatoms. The van der Waals surface area contributed by atoms with E-state index in [1.165, 1.54) is 19.2 Å². The first-order valence-corrected chi connectivity index (χ1v) is 6.26. The van der Waals surface area contributed by atoms with Crippen molar-refractivity contribution in [1.29, 1.82) is 0 Å². The summed E-state index contributed by atoms with van der Waals surface area (Å²) in [5.74, 6) is -0.982. The van der Waals surface area contributed by atoms with E-state index in [1.54, 1.807) is 0 Å². The number of carboxylic acid groups (broad SMARTS) is 1. The number of benzene rings is 1. The van der Waals surface area contributed by atoms with Crippen LogP contribution in [0.15, 0.2) is 16.6 Å². The number of carbonyl (C=O) groups excluding carboxylic acids is 1. The van der Waals surface area contributed by atoms with Gasteiger partial charge in [0.2, 0.25) is 0 Å². The summed E-state index contributed by atoms with van der Waals surface area (Å²) in [5, 5.41) is 8.96. The van der Waals surface area contributed by atoms with Crippen LogP contribution in [0.1, 0.15) is 16.8 Å². The highest BCUT2D eigenvalue weighted by molar-refractivity contribution is 9.10.